The zero-order valence-electron chi connectivity index (χ0n) is 27.1. The molecule has 0 spiro atoms. The van der Waals surface area contributed by atoms with E-state index in [1.54, 1.807) is 0 Å². The second-order valence-electron chi connectivity index (χ2n) is 13.6. The van der Waals surface area contributed by atoms with Crippen molar-refractivity contribution in [3.05, 3.63) is 95.1 Å². The lowest BCUT2D eigenvalue weighted by Gasteiger charge is -2.37. The van der Waals surface area contributed by atoms with Gasteiger partial charge in [-0.3, -0.25) is 4.79 Å². The van der Waals surface area contributed by atoms with Gasteiger partial charge in [0.25, 0.3) is 0 Å². The van der Waals surface area contributed by atoms with Crippen molar-refractivity contribution in [1.82, 2.24) is 0 Å². The molecule has 0 N–H and O–H groups in total. The minimum absolute atomic E-state index is 0.0117. The Bertz CT molecular complexity index is 1270. The number of ketones is 1. The van der Waals surface area contributed by atoms with E-state index in [0.29, 0.717) is 38.6 Å². The number of hydrogen-bond donors (Lipinski definition) is 0. The van der Waals surface area contributed by atoms with Gasteiger partial charge >= 0.3 is 0 Å². The first-order valence-corrected chi connectivity index (χ1v) is 16.6. The molecule has 5 heteroatoms. The minimum Gasteiger partial charge on any atom is -0.488 e. The van der Waals surface area contributed by atoms with Crippen molar-refractivity contribution < 1.29 is 23.7 Å². The highest BCUT2D eigenvalue weighted by Crippen LogP contribution is 2.49. The van der Waals surface area contributed by atoms with E-state index in [9.17, 15) is 4.79 Å². The maximum Gasteiger partial charge on any atom is 0.195 e. The Balaban J connectivity index is 1.56. The fourth-order valence-corrected chi connectivity index (χ4v) is 6.81. The molecule has 1 saturated carbocycles. The smallest absolute Gasteiger partial charge is 0.195 e. The highest BCUT2D eigenvalue weighted by molar-refractivity contribution is 5.83. The molecule has 3 aromatic carbocycles. The van der Waals surface area contributed by atoms with Gasteiger partial charge in [-0.1, -0.05) is 108 Å². The number of rotatable bonds is 13. The molecule has 0 bridgehead atoms. The molecule has 0 amide bonds. The highest BCUT2D eigenvalue weighted by atomic mass is 16.7. The maximum absolute atomic E-state index is 13.6. The molecule has 2 fully saturated rings. The van der Waals surface area contributed by atoms with Gasteiger partial charge in [0.1, 0.15) is 30.5 Å². The van der Waals surface area contributed by atoms with Crippen LogP contribution in [0.5, 0.6) is 11.5 Å². The van der Waals surface area contributed by atoms with E-state index < -0.39 is 5.79 Å². The quantitative estimate of drug-likeness (QED) is 0.183. The van der Waals surface area contributed by atoms with Gasteiger partial charge in [-0.25, -0.2) is 0 Å². The van der Waals surface area contributed by atoms with Crippen LogP contribution < -0.4 is 9.47 Å². The molecule has 2 atom stereocenters. The highest BCUT2D eigenvalue weighted by Gasteiger charge is 2.42. The lowest BCUT2D eigenvalue weighted by Crippen LogP contribution is -2.34. The molecule has 2 aliphatic rings. The monoisotopic (exact) mass is 598 g/mol. The van der Waals surface area contributed by atoms with Crippen LogP contribution in [0.3, 0.4) is 0 Å². The third kappa shape index (κ3) is 7.92. The normalized spacial score (nSPS) is 20.0. The molecule has 1 aliphatic heterocycles. The summed E-state index contributed by atoms with van der Waals surface area (Å²) in [5.41, 5.74) is 4.04. The van der Waals surface area contributed by atoms with Gasteiger partial charge in [0.05, 0.1) is 13.2 Å². The number of ether oxygens (including phenoxy) is 4. The van der Waals surface area contributed by atoms with Crippen LogP contribution in [0.4, 0.5) is 0 Å². The Morgan fingerprint density at radius 3 is 1.86 bits per heavy atom. The molecule has 0 aromatic heterocycles. The Hall–Kier alpha value is -3.15. The van der Waals surface area contributed by atoms with E-state index in [-0.39, 0.29) is 17.3 Å². The predicted molar refractivity (Wildman–Crippen MR) is 175 cm³/mol. The molecule has 3 aromatic rings. The number of carbonyl (C=O) groups is 1. The molecule has 236 valence electrons. The number of hydrogen-bond acceptors (Lipinski definition) is 5. The zero-order chi connectivity index (χ0) is 31.0. The van der Waals surface area contributed by atoms with Gasteiger partial charge in [-0.2, -0.15) is 0 Å². The third-order valence-corrected chi connectivity index (χ3v) is 9.23. The topological polar surface area (TPSA) is 54.0 Å². The number of Topliss-reactive ketones (excluding diaryl/α,β-unsaturated/α-hetero) is 1. The first-order chi connectivity index (χ1) is 21.3. The average molecular weight is 599 g/mol. The predicted octanol–water partition coefficient (Wildman–Crippen LogP) is 9.51. The van der Waals surface area contributed by atoms with E-state index in [0.717, 1.165) is 65.9 Å². The van der Waals surface area contributed by atoms with Crippen molar-refractivity contribution in [2.75, 3.05) is 13.2 Å². The van der Waals surface area contributed by atoms with Crippen LogP contribution in [0.2, 0.25) is 0 Å². The van der Waals surface area contributed by atoms with Gasteiger partial charge in [0.2, 0.25) is 0 Å². The second kappa shape index (κ2) is 14.8. The summed E-state index contributed by atoms with van der Waals surface area (Å²) < 4.78 is 26.2. The standard InChI is InChI=1S/C39H50O5/c1-5-6-7-14-21-39(43-22-23-44-39)32-25-35(41-27-29-15-10-8-11-16-29)37(31-19-20-33(34(40)24-31)38(2,3)4)36(26-32)42-28-30-17-12-9-13-18-30/h8-13,15-18,25-26,31,33H,5-7,14,19-24,27-28H2,1-4H3/t31-,33-/m0/s1. The van der Waals surface area contributed by atoms with Gasteiger partial charge in [-0.15, -0.1) is 0 Å². The second-order valence-corrected chi connectivity index (χ2v) is 13.6. The van der Waals surface area contributed by atoms with Crippen molar-refractivity contribution in [3.8, 4) is 11.5 Å². The molecular weight excluding hydrogens is 548 g/mol. The fourth-order valence-electron chi connectivity index (χ4n) is 6.81. The number of benzene rings is 3. The molecule has 44 heavy (non-hydrogen) atoms. The molecule has 1 heterocycles. The SMILES string of the molecule is CCCCCCC1(c2cc(OCc3ccccc3)c([C@H]3CC[C@H](C(C)(C)C)C(=O)C3)c(OCc3ccccc3)c2)OCCO1. The van der Waals surface area contributed by atoms with Crippen molar-refractivity contribution in [3.63, 3.8) is 0 Å². The first-order valence-electron chi connectivity index (χ1n) is 16.6. The number of carbonyl (C=O) groups excluding carboxylic acids is 1. The van der Waals surface area contributed by atoms with Gasteiger partial charge < -0.3 is 18.9 Å². The maximum atomic E-state index is 13.6. The molecular formula is C39H50O5. The van der Waals surface area contributed by atoms with Crippen LogP contribution in [-0.2, 0) is 33.3 Å². The fraction of sp³-hybridized carbons (Fsp3) is 0.513. The van der Waals surface area contributed by atoms with Crippen molar-refractivity contribution in [2.45, 2.75) is 104 Å². The Morgan fingerprint density at radius 1 is 0.795 bits per heavy atom. The summed E-state index contributed by atoms with van der Waals surface area (Å²) in [6.45, 7) is 10.7. The van der Waals surface area contributed by atoms with Crippen LogP contribution in [0.1, 0.15) is 107 Å². The van der Waals surface area contributed by atoms with Crippen molar-refractivity contribution in [2.24, 2.45) is 11.3 Å². The Labute approximate surface area is 264 Å². The van der Waals surface area contributed by atoms with Crippen LogP contribution in [0.25, 0.3) is 0 Å². The van der Waals surface area contributed by atoms with E-state index in [1.165, 1.54) is 12.8 Å². The van der Waals surface area contributed by atoms with Crippen LogP contribution in [0.15, 0.2) is 72.8 Å². The van der Waals surface area contributed by atoms with Crippen molar-refractivity contribution in [1.29, 1.82) is 0 Å². The van der Waals surface area contributed by atoms with Crippen LogP contribution >= 0.6 is 0 Å². The summed E-state index contributed by atoms with van der Waals surface area (Å²) in [7, 11) is 0. The largest absolute Gasteiger partial charge is 0.488 e. The van der Waals surface area contributed by atoms with Gasteiger partial charge in [0.15, 0.2) is 5.79 Å². The summed E-state index contributed by atoms with van der Waals surface area (Å²) in [5, 5.41) is 0. The van der Waals surface area contributed by atoms with E-state index in [2.05, 4.69) is 64.1 Å². The molecule has 5 nitrogen and oxygen atoms in total. The van der Waals surface area contributed by atoms with Crippen molar-refractivity contribution >= 4 is 5.78 Å². The Morgan fingerprint density at radius 2 is 1.36 bits per heavy atom. The van der Waals surface area contributed by atoms with E-state index in [1.807, 2.05) is 36.4 Å². The molecule has 1 aliphatic carbocycles. The molecule has 5 rings (SSSR count). The lowest BCUT2D eigenvalue weighted by atomic mass is 9.67. The molecule has 1 saturated heterocycles. The summed E-state index contributed by atoms with van der Waals surface area (Å²) in [6.07, 6.45) is 7.55. The zero-order valence-corrected chi connectivity index (χ0v) is 27.1. The lowest BCUT2D eigenvalue weighted by molar-refractivity contribution is -0.172. The molecule has 0 radical (unpaired) electrons. The Kier molecular flexibility index (Phi) is 10.8. The minimum atomic E-state index is -0.832. The molecule has 0 unspecified atom stereocenters. The van der Waals surface area contributed by atoms with E-state index in [4.69, 9.17) is 18.9 Å². The van der Waals surface area contributed by atoms with Crippen LogP contribution in [0, 0.1) is 11.3 Å². The average Bonchev–Trinajstić information content (AvgIpc) is 3.51. The number of unbranched alkanes of at least 4 members (excludes halogenated alkanes) is 3. The third-order valence-electron chi connectivity index (χ3n) is 9.23. The van der Waals surface area contributed by atoms with Gasteiger partial charge in [0, 0.05) is 29.9 Å². The summed E-state index contributed by atoms with van der Waals surface area (Å²) in [4.78, 5) is 13.6. The first kappa shape index (κ1) is 32.2. The van der Waals surface area contributed by atoms with Gasteiger partial charge in [-0.05, 0) is 53.9 Å². The summed E-state index contributed by atoms with van der Waals surface area (Å²) in [6, 6.07) is 24.7. The summed E-state index contributed by atoms with van der Waals surface area (Å²) in [5.74, 6) is 1.09. The summed E-state index contributed by atoms with van der Waals surface area (Å²) >= 11 is 0. The van der Waals surface area contributed by atoms with Crippen LogP contribution in [-0.4, -0.2) is 19.0 Å². The van der Waals surface area contributed by atoms with E-state index >= 15 is 0 Å².